The zero-order valence-electron chi connectivity index (χ0n) is 12.7. The molecule has 2 nitrogen and oxygen atoms in total. The van der Waals surface area contributed by atoms with E-state index in [1.165, 1.54) is 77.5 Å². The predicted molar refractivity (Wildman–Crippen MR) is 81.3 cm³/mol. The molecule has 2 saturated heterocycles. The van der Waals surface area contributed by atoms with E-state index in [4.69, 9.17) is 0 Å². The van der Waals surface area contributed by atoms with Gasteiger partial charge in [-0.1, -0.05) is 32.6 Å². The monoisotopic (exact) mass is 264 g/mol. The molecule has 0 amide bonds. The molecule has 110 valence electrons. The van der Waals surface area contributed by atoms with Crippen molar-refractivity contribution in [2.75, 3.05) is 26.2 Å². The van der Waals surface area contributed by atoms with Crippen molar-refractivity contribution in [3.05, 3.63) is 0 Å². The van der Waals surface area contributed by atoms with Gasteiger partial charge < -0.3 is 10.2 Å². The zero-order valence-corrected chi connectivity index (χ0v) is 12.7. The Hall–Kier alpha value is -0.0800. The average molecular weight is 264 g/mol. The number of fused-ring (bicyclic) bond motifs is 1. The summed E-state index contributed by atoms with van der Waals surface area (Å²) in [6.07, 6.45) is 11.7. The second kappa shape index (κ2) is 6.58. The van der Waals surface area contributed by atoms with E-state index in [-0.39, 0.29) is 0 Å². The Kier molecular flexibility index (Phi) is 4.81. The van der Waals surface area contributed by atoms with E-state index in [1.54, 1.807) is 0 Å². The van der Waals surface area contributed by atoms with Crippen molar-refractivity contribution in [1.29, 1.82) is 0 Å². The summed E-state index contributed by atoms with van der Waals surface area (Å²) < 4.78 is 0. The van der Waals surface area contributed by atoms with Gasteiger partial charge in [-0.2, -0.15) is 0 Å². The lowest BCUT2D eigenvalue weighted by atomic mass is 9.75. The van der Waals surface area contributed by atoms with Crippen molar-refractivity contribution in [1.82, 2.24) is 10.2 Å². The van der Waals surface area contributed by atoms with Crippen molar-refractivity contribution >= 4 is 0 Å². The molecule has 19 heavy (non-hydrogen) atoms. The van der Waals surface area contributed by atoms with Gasteiger partial charge in [-0.25, -0.2) is 0 Å². The lowest BCUT2D eigenvalue weighted by Crippen LogP contribution is -2.50. The van der Waals surface area contributed by atoms with Crippen LogP contribution in [0.25, 0.3) is 0 Å². The quantitative estimate of drug-likeness (QED) is 0.841. The Labute approximate surface area is 119 Å². The van der Waals surface area contributed by atoms with Crippen molar-refractivity contribution < 1.29 is 0 Å². The summed E-state index contributed by atoms with van der Waals surface area (Å²) in [6, 6.07) is 0.777. The molecule has 2 heterocycles. The Bertz CT molecular complexity index is 278. The van der Waals surface area contributed by atoms with Gasteiger partial charge in [-0.3, -0.25) is 0 Å². The van der Waals surface area contributed by atoms with Gasteiger partial charge in [0.05, 0.1) is 0 Å². The molecule has 0 spiro atoms. The van der Waals surface area contributed by atoms with Crippen LogP contribution in [0.1, 0.15) is 58.3 Å². The fraction of sp³-hybridized carbons (Fsp3) is 1.00. The number of likely N-dealkylation sites (tertiary alicyclic amines) is 1. The van der Waals surface area contributed by atoms with Crippen LogP contribution in [0.2, 0.25) is 0 Å². The minimum Gasteiger partial charge on any atom is -0.313 e. The number of hydrogen-bond donors (Lipinski definition) is 1. The number of nitrogens with one attached hydrogen (secondary N) is 1. The smallest absolute Gasteiger partial charge is 0.0197 e. The highest BCUT2D eigenvalue weighted by molar-refractivity contribution is 4.87. The SMILES string of the molecule is CCC1CCNC(CN2CCC3CCCCC3C2)C1. The molecule has 0 aromatic rings. The van der Waals surface area contributed by atoms with Crippen LogP contribution in [0.15, 0.2) is 0 Å². The van der Waals surface area contributed by atoms with Crippen LogP contribution in [0.5, 0.6) is 0 Å². The van der Waals surface area contributed by atoms with Crippen LogP contribution < -0.4 is 5.32 Å². The number of nitrogens with zero attached hydrogens (tertiary/aromatic N) is 1. The molecule has 2 aliphatic heterocycles. The van der Waals surface area contributed by atoms with Crippen LogP contribution in [0.3, 0.4) is 0 Å². The van der Waals surface area contributed by atoms with E-state index >= 15 is 0 Å². The minimum absolute atomic E-state index is 0.777. The second-order valence-electron chi connectivity index (χ2n) is 7.30. The standard InChI is InChI=1S/C17H32N2/c1-2-14-7-9-18-17(11-14)13-19-10-8-15-5-3-4-6-16(15)12-19/h14-18H,2-13H2,1H3. The summed E-state index contributed by atoms with van der Waals surface area (Å²) in [5.41, 5.74) is 0. The normalized spacial score (nSPS) is 40.9. The maximum absolute atomic E-state index is 3.76. The van der Waals surface area contributed by atoms with Crippen LogP contribution in [-0.2, 0) is 0 Å². The Morgan fingerprint density at radius 2 is 1.89 bits per heavy atom. The highest BCUT2D eigenvalue weighted by Crippen LogP contribution is 2.36. The third-order valence-electron chi connectivity index (χ3n) is 6.03. The molecule has 1 saturated carbocycles. The maximum atomic E-state index is 3.76. The summed E-state index contributed by atoms with van der Waals surface area (Å²) >= 11 is 0. The van der Waals surface area contributed by atoms with Gasteiger partial charge in [0.2, 0.25) is 0 Å². The summed E-state index contributed by atoms with van der Waals surface area (Å²) in [6.45, 7) is 7.71. The minimum atomic E-state index is 0.777. The largest absolute Gasteiger partial charge is 0.313 e. The average Bonchev–Trinajstić information content (AvgIpc) is 2.47. The van der Waals surface area contributed by atoms with Crippen LogP contribution in [0.4, 0.5) is 0 Å². The van der Waals surface area contributed by atoms with Gasteiger partial charge in [0.25, 0.3) is 0 Å². The Morgan fingerprint density at radius 1 is 1.05 bits per heavy atom. The predicted octanol–water partition coefficient (Wildman–Crippen LogP) is 3.28. The van der Waals surface area contributed by atoms with Crippen molar-refractivity contribution in [3.8, 4) is 0 Å². The van der Waals surface area contributed by atoms with Gasteiger partial charge in [0.15, 0.2) is 0 Å². The zero-order chi connectivity index (χ0) is 13.1. The molecule has 3 aliphatic rings. The first-order valence-corrected chi connectivity index (χ1v) is 8.81. The van der Waals surface area contributed by atoms with E-state index in [1.807, 2.05) is 0 Å². The van der Waals surface area contributed by atoms with Gasteiger partial charge in [-0.15, -0.1) is 0 Å². The van der Waals surface area contributed by atoms with E-state index < -0.39 is 0 Å². The second-order valence-corrected chi connectivity index (χ2v) is 7.30. The third-order valence-corrected chi connectivity index (χ3v) is 6.03. The van der Waals surface area contributed by atoms with E-state index in [9.17, 15) is 0 Å². The van der Waals surface area contributed by atoms with Gasteiger partial charge in [-0.05, 0) is 56.5 Å². The highest BCUT2D eigenvalue weighted by atomic mass is 15.2. The van der Waals surface area contributed by atoms with E-state index in [0.29, 0.717) is 0 Å². The number of hydrogen-bond acceptors (Lipinski definition) is 2. The lowest BCUT2D eigenvalue weighted by Gasteiger charge is -2.43. The first kappa shape index (κ1) is 13.9. The summed E-state index contributed by atoms with van der Waals surface area (Å²) in [7, 11) is 0. The van der Waals surface area contributed by atoms with Crippen molar-refractivity contribution in [2.24, 2.45) is 17.8 Å². The fourth-order valence-electron chi connectivity index (χ4n) is 4.76. The molecule has 3 rings (SSSR count). The molecule has 1 N–H and O–H groups in total. The van der Waals surface area contributed by atoms with Crippen LogP contribution >= 0.6 is 0 Å². The summed E-state index contributed by atoms with van der Waals surface area (Å²) in [4.78, 5) is 2.78. The van der Waals surface area contributed by atoms with Crippen LogP contribution in [-0.4, -0.2) is 37.1 Å². The van der Waals surface area contributed by atoms with E-state index in [2.05, 4.69) is 17.1 Å². The molecule has 0 aromatic heterocycles. The summed E-state index contributed by atoms with van der Waals surface area (Å²) in [5.74, 6) is 3.10. The number of rotatable bonds is 3. The summed E-state index contributed by atoms with van der Waals surface area (Å²) in [5, 5.41) is 3.76. The third kappa shape index (κ3) is 3.52. The highest BCUT2D eigenvalue weighted by Gasteiger charge is 2.32. The molecule has 0 aromatic carbocycles. The molecular weight excluding hydrogens is 232 g/mol. The molecule has 0 bridgehead atoms. The van der Waals surface area contributed by atoms with Gasteiger partial charge >= 0.3 is 0 Å². The Morgan fingerprint density at radius 3 is 2.74 bits per heavy atom. The first-order chi connectivity index (χ1) is 9.35. The number of piperidine rings is 2. The molecule has 1 aliphatic carbocycles. The lowest BCUT2D eigenvalue weighted by molar-refractivity contribution is 0.0741. The fourth-order valence-corrected chi connectivity index (χ4v) is 4.76. The molecule has 4 atom stereocenters. The van der Waals surface area contributed by atoms with Gasteiger partial charge in [0.1, 0.15) is 0 Å². The molecular formula is C17H32N2. The van der Waals surface area contributed by atoms with Gasteiger partial charge in [0, 0.05) is 19.1 Å². The Balaban J connectivity index is 1.47. The first-order valence-electron chi connectivity index (χ1n) is 8.81. The maximum Gasteiger partial charge on any atom is 0.0197 e. The van der Waals surface area contributed by atoms with E-state index in [0.717, 1.165) is 23.8 Å². The molecule has 0 radical (unpaired) electrons. The molecule has 2 heteroatoms. The van der Waals surface area contributed by atoms with Crippen molar-refractivity contribution in [2.45, 2.75) is 64.3 Å². The molecule has 4 unspecified atom stereocenters. The topological polar surface area (TPSA) is 15.3 Å². The molecule has 3 fully saturated rings. The van der Waals surface area contributed by atoms with Crippen LogP contribution in [0, 0.1) is 17.8 Å². The van der Waals surface area contributed by atoms with Crippen molar-refractivity contribution in [3.63, 3.8) is 0 Å².